The van der Waals surface area contributed by atoms with E-state index in [0.717, 1.165) is 12.3 Å². The number of hydrogen-bond acceptors (Lipinski definition) is 5. The first-order valence-electron chi connectivity index (χ1n) is 4.48. The van der Waals surface area contributed by atoms with Gasteiger partial charge in [-0.15, -0.1) is 0 Å². The molecular weight excluding hydrogens is 201 g/mol. The van der Waals surface area contributed by atoms with Gasteiger partial charge in [-0.3, -0.25) is 4.98 Å². The second-order valence-corrected chi connectivity index (χ2v) is 3.20. The van der Waals surface area contributed by atoms with Crippen molar-refractivity contribution >= 4 is 5.69 Å². The number of halogens is 1. The van der Waals surface area contributed by atoms with Crippen molar-refractivity contribution in [3.8, 4) is 0 Å². The summed E-state index contributed by atoms with van der Waals surface area (Å²) in [6, 6.07) is 1.05. The minimum atomic E-state index is -1.22. The van der Waals surface area contributed by atoms with Crippen molar-refractivity contribution in [2.24, 2.45) is 0 Å². The lowest BCUT2D eigenvalue weighted by Gasteiger charge is -2.18. The summed E-state index contributed by atoms with van der Waals surface area (Å²) in [4.78, 5) is 3.64. The maximum absolute atomic E-state index is 12.7. The van der Waals surface area contributed by atoms with E-state index in [0.29, 0.717) is 0 Å². The van der Waals surface area contributed by atoms with Crippen molar-refractivity contribution in [1.29, 1.82) is 0 Å². The van der Waals surface area contributed by atoms with Gasteiger partial charge in [0.2, 0.25) is 0 Å². The largest absolute Gasteiger partial charge is 0.397 e. The van der Waals surface area contributed by atoms with Crippen LogP contribution in [0, 0.1) is 5.82 Å². The van der Waals surface area contributed by atoms with E-state index in [1.54, 1.807) is 7.05 Å². The molecule has 0 aliphatic heterocycles. The fraction of sp³-hybridized carbons (Fsp3) is 0.444. The Labute approximate surface area is 86.8 Å². The molecule has 0 spiro atoms. The van der Waals surface area contributed by atoms with Crippen molar-refractivity contribution in [1.82, 2.24) is 10.3 Å². The Morgan fingerprint density at radius 3 is 2.80 bits per heavy atom. The molecule has 1 aromatic heterocycles. The number of nitrogens with two attached hydrogens (primary N) is 1. The van der Waals surface area contributed by atoms with Crippen LogP contribution < -0.4 is 11.1 Å². The van der Waals surface area contributed by atoms with E-state index < -0.39 is 18.0 Å². The zero-order valence-electron chi connectivity index (χ0n) is 8.31. The summed E-state index contributed by atoms with van der Waals surface area (Å²) in [5.74, 6) is -0.577. The molecule has 0 saturated carbocycles. The normalized spacial score (nSPS) is 14.9. The summed E-state index contributed by atoms with van der Waals surface area (Å²) in [5, 5.41) is 21.8. The summed E-state index contributed by atoms with van der Waals surface area (Å²) in [6.45, 7) is 0.194. The molecule has 84 valence electrons. The zero-order valence-corrected chi connectivity index (χ0v) is 8.31. The average molecular weight is 215 g/mol. The molecule has 6 heteroatoms. The van der Waals surface area contributed by atoms with Crippen LogP contribution in [0.5, 0.6) is 0 Å². The molecule has 5 N–H and O–H groups in total. The van der Waals surface area contributed by atoms with Crippen LogP contribution in [0.1, 0.15) is 11.8 Å². The maximum atomic E-state index is 12.7. The van der Waals surface area contributed by atoms with Crippen LogP contribution in [0.3, 0.4) is 0 Å². The first-order chi connectivity index (χ1) is 7.06. The highest BCUT2D eigenvalue weighted by molar-refractivity contribution is 5.43. The molecular formula is C9H14FN3O2. The fourth-order valence-corrected chi connectivity index (χ4v) is 1.22. The van der Waals surface area contributed by atoms with E-state index in [9.17, 15) is 14.6 Å². The predicted molar refractivity (Wildman–Crippen MR) is 53.5 cm³/mol. The molecule has 1 rings (SSSR count). The Balaban J connectivity index is 2.86. The number of aliphatic hydroxyl groups excluding tert-OH is 2. The van der Waals surface area contributed by atoms with Gasteiger partial charge in [0.1, 0.15) is 11.9 Å². The van der Waals surface area contributed by atoms with Crippen molar-refractivity contribution in [3.63, 3.8) is 0 Å². The quantitative estimate of drug-likeness (QED) is 0.539. The second-order valence-electron chi connectivity index (χ2n) is 3.20. The number of aliphatic hydroxyl groups is 2. The van der Waals surface area contributed by atoms with Gasteiger partial charge < -0.3 is 21.3 Å². The molecule has 0 aromatic carbocycles. The Hall–Kier alpha value is -1.24. The third-order valence-electron chi connectivity index (χ3n) is 1.97. The molecule has 0 amide bonds. The number of hydrogen-bond donors (Lipinski definition) is 4. The van der Waals surface area contributed by atoms with Crippen molar-refractivity contribution in [3.05, 3.63) is 23.8 Å². The maximum Gasteiger partial charge on any atom is 0.143 e. The molecule has 0 radical (unpaired) electrons. The SMILES string of the molecule is CNCC(O)C(O)c1ncc(F)cc1N. The van der Waals surface area contributed by atoms with E-state index in [1.807, 2.05) is 0 Å². The highest BCUT2D eigenvalue weighted by atomic mass is 19.1. The monoisotopic (exact) mass is 215 g/mol. The van der Waals surface area contributed by atoms with Gasteiger partial charge in [-0.25, -0.2) is 4.39 Å². The zero-order chi connectivity index (χ0) is 11.4. The number of anilines is 1. The lowest BCUT2D eigenvalue weighted by Crippen LogP contribution is -2.30. The van der Waals surface area contributed by atoms with E-state index in [-0.39, 0.29) is 17.9 Å². The number of aromatic nitrogens is 1. The van der Waals surface area contributed by atoms with Crippen LogP contribution in [0.2, 0.25) is 0 Å². The molecule has 0 bridgehead atoms. The molecule has 5 nitrogen and oxygen atoms in total. The molecule has 0 saturated heterocycles. The summed E-state index contributed by atoms with van der Waals surface area (Å²) in [6.07, 6.45) is -1.31. The van der Waals surface area contributed by atoms with Crippen molar-refractivity contribution in [2.75, 3.05) is 19.3 Å². The molecule has 1 aromatic rings. The molecule has 2 atom stereocenters. The Bertz CT molecular complexity index is 335. The number of nitrogen functional groups attached to an aromatic ring is 1. The number of nitrogens with one attached hydrogen (secondary N) is 1. The number of likely N-dealkylation sites (N-methyl/N-ethyl adjacent to an activating group) is 1. The Morgan fingerprint density at radius 2 is 2.27 bits per heavy atom. The van der Waals surface area contributed by atoms with E-state index in [2.05, 4.69) is 10.3 Å². The van der Waals surface area contributed by atoms with Crippen LogP contribution in [-0.4, -0.2) is 34.9 Å². The Kier molecular flexibility index (Phi) is 3.96. The topological polar surface area (TPSA) is 91.4 Å². The van der Waals surface area contributed by atoms with Gasteiger partial charge in [0.05, 0.1) is 23.7 Å². The average Bonchev–Trinajstić information content (AvgIpc) is 2.17. The molecule has 0 aliphatic carbocycles. The van der Waals surface area contributed by atoms with Gasteiger partial charge in [-0.1, -0.05) is 0 Å². The van der Waals surface area contributed by atoms with Gasteiger partial charge in [0, 0.05) is 12.6 Å². The minimum absolute atomic E-state index is 0.0256. The van der Waals surface area contributed by atoms with Crippen LogP contribution in [0.4, 0.5) is 10.1 Å². The van der Waals surface area contributed by atoms with Crippen molar-refractivity contribution in [2.45, 2.75) is 12.2 Å². The molecule has 1 heterocycles. The van der Waals surface area contributed by atoms with Crippen LogP contribution in [0.15, 0.2) is 12.3 Å². The van der Waals surface area contributed by atoms with Gasteiger partial charge in [-0.05, 0) is 7.05 Å². The second kappa shape index (κ2) is 5.01. The summed E-state index contributed by atoms with van der Waals surface area (Å²) >= 11 is 0. The minimum Gasteiger partial charge on any atom is -0.397 e. The number of rotatable bonds is 4. The smallest absolute Gasteiger partial charge is 0.143 e. The van der Waals surface area contributed by atoms with Gasteiger partial charge in [0.15, 0.2) is 0 Å². The highest BCUT2D eigenvalue weighted by Crippen LogP contribution is 2.20. The predicted octanol–water partition coefficient (Wildman–Crippen LogP) is -0.583. The Morgan fingerprint density at radius 1 is 1.60 bits per heavy atom. The summed E-state index contributed by atoms with van der Waals surface area (Å²) < 4.78 is 12.7. The van der Waals surface area contributed by atoms with Crippen molar-refractivity contribution < 1.29 is 14.6 Å². The third-order valence-corrected chi connectivity index (χ3v) is 1.97. The van der Waals surface area contributed by atoms with Crippen LogP contribution >= 0.6 is 0 Å². The number of pyridine rings is 1. The standard InChI is InChI=1S/C9H14FN3O2/c1-12-4-7(14)9(15)8-6(11)2-5(10)3-13-8/h2-3,7,9,12,14-15H,4,11H2,1H3. The van der Waals surface area contributed by atoms with Gasteiger partial charge >= 0.3 is 0 Å². The fourth-order valence-electron chi connectivity index (χ4n) is 1.22. The highest BCUT2D eigenvalue weighted by Gasteiger charge is 2.21. The lowest BCUT2D eigenvalue weighted by molar-refractivity contribution is 0.0181. The summed E-state index contributed by atoms with van der Waals surface area (Å²) in [7, 11) is 1.64. The molecule has 2 unspecified atom stereocenters. The molecule has 0 aliphatic rings. The first kappa shape index (κ1) is 11.8. The van der Waals surface area contributed by atoms with Crippen LogP contribution in [-0.2, 0) is 0 Å². The van der Waals surface area contributed by atoms with Gasteiger partial charge in [-0.2, -0.15) is 0 Å². The van der Waals surface area contributed by atoms with Gasteiger partial charge in [0.25, 0.3) is 0 Å². The third kappa shape index (κ3) is 2.85. The first-order valence-corrected chi connectivity index (χ1v) is 4.48. The summed E-state index contributed by atoms with van der Waals surface area (Å²) in [5.41, 5.74) is 5.57. The molecule has 0 fully saturated rings. The van der Waals surface area contributed by atoms with Crippen LogP contribution in [0.25, 0.3) is 0 Å². The van der Waals surface area contributed by atoms with E-state index >= 15 is 0 Å². The van der Waals surface area contributed by atoms with E-state index in [1.165, 1.54) is 0 Å². The molecule has 15 heavy (non-hydrogen) atoms. The number of nitrogens with zero attached hydrogens (tertiary/aromatic N) is 1. The lowest BCUT2D eigenvalue weighted by atomic mass is 10.1. The van der Waals surface area contributed by atoms with E-state index in [4.69, 9.17) is 5.73 Å².